The number of aromatic nitrogens is 6. The van der Waals surface area contributed by atoms with E-state index in [2.05, 4.69) is 29.9 Å². The standard InChI is InChI=1S/C33H42N8O4/c1-20(40(8)30(42)44-32(2,3)4)27-36-18-24(38-27)21-11-13-22(14-12-21)28-34-16-23(17-35-28)25-19-37-29(39-25)26-10-9-15-41(26)31(43)45-33(5,6)7/h11-14,16-20,26H,9-10,15H2,1-8H3,(H,36,38)(H,37,39)/t20-,26+/m0/s1. The second kappa shape index (κ2) is 12.3. The highest BCUT2D eigenvalue weighted by molar-refractivity contribution is 5.70. The average molecular weight is 615 g/mol. The van der Waals surface area contributed by atoms with Crippen molar-refractivity contribution in [3.05, 3.63) is 60.7 Å². The van der Waals surface area contributed by atoms with Crippen molar-refractivity contribution in [2.45, 2.75) is 84.6 Å². The van der Waals surface area contributed by atoms with E-state index in [1.54, 1.807) is 36.7 Å². The summed E-state index contributed by atoms with van der Waals surface area (Å²) in [7, 11) is 1.70. The minimum atomic E-state index is -0.574. The molecule has 12 heteroatoms. The van der Waals surface area contributed by atoms with E-state index in [1.807, 2.05) is 72.7 Å². The van der Waals surface area contributed by atoms with E-state index in [4.69, 9.17) is 9.47 Å². The van der Waals surface area contributed by atoms with Crippen LogP contribution in [0.1, 0.15) is 85.0 Å². The van der Waals surface area contributed by atoms with E-state index in [0.717, 1.165) is 46.7 Å². The molecule has 1 aliphatic heterocycles. The summed E-state index contributed by atoms with van der Waals surface area (Å²) in [6.07, 6.45) is 8.01. The predicted molar refractivity (Wildman–Crippen MR) is 170 cm³/mol. The predicted octanol–water partition coefficient (Wildman–Crippen LogP) is 6.92. The lowest BCUT2D eigenvalue weighted by molar-refractivity contribution is 0.0212. The molecule has 0 unspecified atom stereocenters. The van der Waals surface area contributed by atoms with Crippen LogP contribution in [0.4, 0.5) is 9.59 Å². The van der Waals surface area contributed by atoms with E-state index < -0.39 is 17.3 Å². The zero-order valence-corrected chi connectivity index (χ0v) is 27.2. The van der Waals surface area contributed by atoms with Crippen LogP contribution in [-0.4, -0.2) is 76.7 Å². The number of hydrogen-bond acceptors (Lipinski definition) is 8. The first kappa shape index (κ1) is 31.7. The highest BCUT2D eigenvalue weighted by Gasteiger charge is 2.35. The quantitative estimate of drug-likeness (QED) is 0.238. The van der Waals surface area contributed by atoms with Crippen LogP contribution >= 0.6 is 0 Å². The van der Waals surface area contributed by atoms with Gasteiger partial charge < -0.3 is 24.3 Å². The lowest BCUT2D eigenvalue weighted by Crippen LogP contribution is -2.36. The van der Waals surface area contributed by atoms with Crippen molar-refractivity contribution in [2.24, 2.45) is 0 Å². The Morgan fingerprint density at radius 1 is 0.844 bits per heavy atom. The van der Waals surface area contributed by atoms with Gasteiger partial charge in [0, 0.05) is 37.1 Å². The molecular formula is C33H42N8O4. The van der Waals surface area contributed by atoms with Crippen LogP contribution in [0.2, 0.25) is 0 Å². The van der Waals surface area contributed by atoms with Crippen LogP contribution in [0.5, 0.6) is 0 Å². The summed E-state index contributed by atoms with van der Waals surface area (Å²) >= 11 is 0. The normalized spacial score (nSPS) is 16.0. The Bertz CT molecular complexity index is 1630. The molecule has 45 heavy (non-hydrogen) atoms. The first-order chi connectivity index (χ1) is 21.2. The number of imidazole rings is 2. The molecule has 0 radical (unpaired) electrons. The minimum absolute atomic E-state index is 0.160. The summed E-state index contributed by atoms with van der Waals surface area (Å²) in [4.78, 5) is 53.4. The van der Waals surface area contributed by atoms with Crippen molar-refractivity contribution in [2.75, 3.05) is 13.6 Å². The van der Waals surface area contributed by atoms with Gasteiger partial charge in [-0.25, -0.2) is 29.5 Å². The average Bonchev–Trinajstić information content (AvgIpc) is 3.75. The second-order valence-corrected chi connectivity index (χ2v) is 13.3. The number of ether oxygens (including phenoxy) is 2. The van der Waals surface area contributed by atoms with Gasteiger partial charge in [-0.3, -0.25) is 4.90 Å². The Balaban J connectivity index is 1.24. The van der Waals surface area contributed by atoms with Gasteiger partial charge in [0.25, 0.3) is 0 Å². The number of H-pyrrole nitrogens is 2. The van der Waals surface area contributed by atoms with E-state index in [0.29, 0.717) is 18.2 Å². The van der Waals surface area contributed by atoms with E-state index in [1.165, 1.54) is 4.90 Å². The number of likely N-dealkylation sites (tertiary alicyclic amines) is 1. The summed E-state index contributed by atoms with van der Waals surface area (Å²) in [5.74, 6) is 1.98. The summed E-state index contributed by atoms with van der Waals surface area (Å²) in [5, 5.41) is 0. The van der Waals surface area contributed by atoms with Crippen molar-refractivity contribution < 1.29 is 19.1 Å². The molecule has 12 nitrogen and oxygen atoms in total. The fraction of sp³-hybridized carbons (Fsp3) is 0.455. The molecule has 1 aliphatic rings. The molecule has 2 atom stereocenters. The lowest BCUT2D eigenvalue weighted by atomic mass is 10.1. The molecule has 0 aliphatic carbocycles. The van der Waals surface area contributed by atoms with Crippen LogP contribution in [0.25, 0.3) is 33.9 Å². The Morgan fingerprint density at radius 2 is 1.44 bits per heavy atom. The molecule has 5 rings (SSSR count). The van der Waals surface area contributed by atoms with Gasteiger partial charge in [-0.05, 0) is 66.9 Å². The number of nitrogens with zero attached hydrogens (tertiary/aromatic N) is 6. The van der Waals surface area contributed by atoms with Crippen molar-refractivity contribution in [1.29, 1.82) is 0 Å². The lowest BCUT2D eigenvalue weighted by Gasteiger charge is -2.27. The number of amides is 2. The minimum Gasteiger partial charge on any atom is -0.444 e. The van der Waals surface area contributed by atoms with Crippen LogP contribution in [0.15, 0.2) is 49.1 Å². The first-order valence-electron chi connectivity index (χ1n) is 15.2. The molecular weight excluding hydrogens is 572 g/mol. The second-order valence-electron chi connectivity index (χ2n) is 13.3. The summed E-state index contributed by atoms with van der Waals surface area (Å²) in [6, 6.07) is 7.42. The molecule has 3 aromatic heterocycles. The molecule has 1 saturated heterocycles. The van der Waals surface area contributed by atoms with Gasteiger partial charge in [0.1, 0.15) is 22.9 Å². The third kappa shape index (κ3) is 7.50. The van der Waals surface area contributed by atoms with E-state index in [-0.39, 0.29) is 18.2 Å². The maximum atomic E-state index is 12.7. The van der Waals surface area contributed by atoms with Gasteiger partial charge in [-0.1, -0.05) is 24.3 Å². The van der Waals surface area contributed by atoms with Crippen molar-refractivity contribution in [1.82, 2.24) is 39.7 Å². The zero-order valence-electron chi connectivity index (χ0n) is 27.2. The molecule has 1 fully saturated rings. The molecule has 0 bridgehead atoms. The van der Waals surface area contributed by atoms with Gasteiger partial charge in [0.2, 0.25) is 0 Å². The van der Waals surface area contributed by atoms with Crippen LogP contribution < -0.4 is 0 Å². The molecule has 4 heterocycles. The number of rotatable bonds is 6. The van der Waals surface area contributed by atoms with Crippen molar-refractivity contribution >= 4 is 12.2 Å². The number of carbonyl (C=O) groups excluding carboxylic acids is 2. The number of aromatic amines is 2. The van der Waals surface area contributed by atoms with Crippen LogP contribution in [-0.2, 0) is 9.47 Å². The van der Waals surface area contributed by atoms with Crippen LogP contribution in [0, 0.1) is 0 Å². The van der Waals surface area contributed by atoms with E-state index in [9.17, 15) is 9.59 Å². The summed E-state index contributed by atoms with van der Waals surface area (Å²) in [5.41, 5.74) is 3.10. The van der Waals surface area contributed by atoms with Gasteiger partial charge >= 0.3 is 12.2 Å². The van der Waals surface area contributed by atoms with Gasteiger partial charge in [-0.2, -0.15) is 0 Å². The Labute approximate surface area is 263 Å². The Hall–Kier alpha value is -4.74. The summed E-state index contributed by atoms with van der Waals surface area (Å²) < 4.78 is 11.1. The topological polar surface area (TPSA) is 142 Å². The van der Waals surface area contributed by atoms with Gasteiger partial charge in [0.05, 0.1) is 35.9 Å². The monoisotopic (exact) mass is 614 g/mol. The van der Waals surface area contributed by atoms with E-state index >= 15 is 0 Å². The molecule has 1 aromatic carbocycles. The number of hydrogen-bond donors (Lipinski definition) is 2. The Morgan fingerprint density at radius 3 is 2.09 bits per heavy atom. The SMILES string of the molecule is C[C@@H](c1ncc(-c2ccc(-c3ncc(-c4cnc([C@H]5CCCN5C(=O)OC(C)(C)C)[nH]4)cn3)cc2)[nH]1)N(C)C(=O)OC(C)(C)C. The first-order valence-corrected chi connectivity index (χ1v) is 15.2. The van der Waals surface area contributed by atoms with Gasteiger partial charge in [0.15, 0.2) is 5.82 Å². The smallest absolute Gasteiger partial charge is 0.410 e. The number of nitrogens with one attached hydrogen (secondary N) is 2. The molecule has 4 aromatic rings. The van der Waals surface area contributed by atoms with Crippen molar-refractivity contribution in [3.63, 3.8) is 0 Å². The molecule has 0 saturated carbocycles. The molecule has 2 amide bonds. The zero-order chi connectivity index (χ0) is 32.5. The third-order valence-electron chi connectivity index (χ3n) is 7.46. The number of benzene rings is 1. The largest absolute Gasteiger partial charge is 0.444 e. The maximum absolute atomic E-state index is 12.7. The third-order valence-corrected chi connectivity index (χ3v) is 7.46. The molecule has 238 valence electrons. The van der Waals surface area contributed by atoms with Crippen molar-refractivity contribution in [3.8, 4) is 33.9 Å². The summed E-state index contributed by atoms with van der Waals surface area (Å²) in [6.45, 7) is 13.7. The molecule has 2 N–H and O–H groups in total. The fourth-order valence-corrected chi connectivity index (χ4v) is 5.03. The maximum Gasteiger partial charge on any atom is 0.410 e. The fourth-order valence-electron chi connectivity index (χ4n) is 5.03. The highest BCUT2D eigenvalue weighted by atomic mass is 16.6. The van der Waals surface area contributed by atoms with Crippen LogP contribution in [0.3, 0.4) is 0 Å². The molecule has 0 spiro atoms. The number of carbonyl (C=O) groups is 2. The van der Waals surface area contributed by atoms with Gasteiger partial charge in [-0.15, -0.1) is 0 Å². The highest BCUT2D eigenvalue weighted by Crippen LogP contribution is 2.33. The Kier molecular flexibility index (Phi) is 8.68.